The number of rotatable bonds is 2. The van der Waals surface area contributed by atoms with Gasteiger partial charge in [-0.2, -0.15) is 0 Å². The molecule has 1 fully saturated rings. The van der Waals surface area contributed by atoms with E-state index in [0.29, 0.717) is 18.7 Å². The molecule has 0 radical (unpaired) electrons. The van der Waals surface area contributed by atoms with E-state index in [1.807, 2.05) is 5.38 Å². The average Bonchev–Trinajstić information content (AvgIpc) is 3.01. The van der Waals surface area contributed by atoms with Crippen LogP contribution in [0.3, 0.4) is 0 Å². The molecule has 0 atom stereocenters. The zero-order valence-corrected chi connectivity index (χ0v) is 12.7. The summed E-state index contributed by atoms with van der Waals surface area (Å²) >= 11 is 7.54. The van der Waals surface area contributed by atoms with Crippen LogP contribution in [0.4, 0.5) is 9.52 Å². The van der Waals surface area contributed by atoms with Crippen molar-refractivity contribution in [3.8, 4) is 0 Å². The normalized spacial score (nSPS) is 15.3. The fourth-order valence-corrected chi connectivity index (χ4v) is 3.25. The highest BCUT2D eigenvalue weighted by molar-refractivity contribution is 7.13. The van der Waals surface area contributed by atoms with Crippen LogP contribution in [-0.4, -0.2) is 42.0 Å². The lowest BCUT2D eigenvalue weighted by Gasteiger charge is -2.34. The van der Waals surface area contributed by atoms with Crippen molar-refractivity contribution in [3.05, 3.63) is 46.2 Å². The number of nitrogens with zero attached hydrogens (tertiary/aromatic N) is 3. The highest BCUT2D eigenvalue weighted by atomic mass is 35.5. The van der Waals surface area contributed by atoms with Gasteiger partial charge in [0.1, 0.15) is 5.82 Å². The van der Waals surface area contributed by atoms with E-state index in [-0.39, 0.29) is 10.9 Å². The van der Waals surface area contributed by atoms with Gasteiger partial charge in [0.15, 0.2) is 5.13 Å². The first-order valence-electron chi connectivity index (χ1n) is 6.54. The number of carbonyl (C=O) groups is 1. The molecule has 0 aliphatic carbocycles. The Bertz CT molecular complexity index is 642. The molecular weight excluding hydrogens is 313 g/mol. The zero-order valence-electron chi connectivity index (χ0n) is 11.1. The number of piperazine rings is 1. The minimum Gasteiger partial charge on any atom is -0.345 e. The molecule has 0 unspecified atom stereocenters. The van der Waals surface area contributed by atoms with Crippen molar-refractivity contribution in [2.24, 2.45) is 0 Å². The summed E-state index contributed by atoms with van der Waals surface area (Å²) in [5, 5.41) is 3.06. The molecule has 1 aromatic carbocycles. The van der Waals surface area contributed by atoms with Crippen molar-refractivity contribution in [1.29, 1.82) is 0 Å². The van der Waals surface area contributed by atoms with E-state index < -0.39 is 5.82 Å². The lowest BCUT2D eigenvalue weighted by Crippen LogP contribution is -2.48. The van der Waals surface area contributed by atoms with Crippen LogP contribution in [0.5, 0.6) is 0 Å². The molecule has 1 amide bonds. The summed E-state index contributed by atoms with van der Waals surface area (Å²) in [6.45, 7) is 2.67. The first-order valence-corrected chi connectivity index (χ1v) is 7.79. The molecular formula is C14H13ClFN3OS. The fraction of sp³-hybridized carbons (Fsp3) is 0.286. The predicted molar refractivity (Wildman–Crippen MR) is 81.6 cm³/mol. The summed E-state index contributed by atoms with van der Waals surface area (Å²) in [7, 11) is 0. The van der Waals surface area contributed by atoms with Gasteiger partial charge in [-0.15, -0.1) is 11.3 Å². The van der Waals surface area contributed by atoms with E-state index in [2.05, 4.69) is 9.88 Å². The molecule has 2 aromatic rings. The Labute approximate surface area is 130 Å². The Balaban J connectivity index is 1.67. The third-order valence-corrected chi connectivity index (χ3v) is 4.56. The van der Waals surface area contributed by atoms with Gasteiger partial charge in [-0.05, 0) is 18.2 Å². The van der Waals surface area contributed by atoms with E-state index in [9.17, 15) is 9.18 Å². The van der Waals surface area contributed by atoms with Crippen LogP contribution in [0.2, 0.25) is 5.02 Å². The Morgan fingerprint density at radius 1 is 1.29 bits per heavy atom. The van der Waals surface area contributed by atoms with Gasteiger partial charge >= 0.3 is 0 Å². The van der Waals surface area contributed by atoms with E-state index in [4.69, 9.17) is 11.6 Å². The van der Waals surface area contributed by atoms with Crippen molar-refractivity contribution >= 4 is 34.0 Å². The number of carbonyl (C=O) groups excluding carboxylic acids is 1. The van der Waals surface area contributed by atoms with Crippen molar-refractivity contribution in [2.75, 3.05) is 31.1 Å². The number of benzene rings is 1. The summed E-state index contributed by atoms with van der Waals surface area (Å²) in [6.07, 6.45) is 1.77. The second kappa shape index (κ2) is 5.99. The first kappa shape index (κ1) is 14.3. The van der Waals surface area contributed by atoms with E-state index in [0.717, 1.165) is 18.2 Å². The molecule has 7 heteroatoms. The lowest BCUT2D eigenvalue weighted by molar-refractivity contribution is 0.0747. The SMILES string of the molecule is O=C(c1ccc(F)cc1Cl)N1CCN(c2nccs2)CC1. The molecule has 1 saturated heterocycles. The lowest BCUT2D eigenvalue weighted by atomic mass is 10.1. The summed E-state index contributed by atoms with van der Waals surface area (Å²) in [5.41, 5.74) is 0.348. The van der Waals surface area contributed by atoms with E-state index in [1.165, 1.54) is 18.2 Å². The highest BCUT2D eigenvalue weighted by Crippen LogP contribution is 2.22. The number of thiazole rings is 1. The topological polar surface area (TPSA) is 36.4 Å². The fourth-order valence-electron chi connectivity index (χ4n) is 2.31. The molecule has 1 aliphatic heterocycles. The third-order valence-electron chi connectivity index (χ3n) is 3.42. The van der Waals surface area contributed by atoms with Crippen LogP contribution >= 0.6 is 22.9 Å². The Kier molecular flexibility index (Phi) is 4.07. The maximum Gasteiger partial charge on any atom is 0.255 e. The quantitative estimate of drug-likeness (QED) is 0.852. The largest absolute Gasteiger partial charge is 0.345 e. The Morgan fingerprint density at radius 2 is 2.05 bits per heavy atom. The summed E-state index contributed by atoms with van der Waals surface area (Å²) < 4.78 is 13.0. The number of aromatic nitrogens is 1. The summed E-state index contributed by atoms with van der Waals surface area (Å²) in [4.78, 5) is 20.6. The van der Waals surface area contributed by atoms with Crippen molar-refractivity contribution in [1.82, 2.24) is 9.88 Å². The minimum atomic E-state index is -0.440. The molecule has 4 nitrogen and oxygen atoms in total. The Hall–Kier alpha value is -1.66. The van der Waals surface area contributed by atoms with Crippen molar-refractivity contribution in [2.45, 2.75) is 0 Å². The Morgan fingerprint density at radius 3 is 2.67 bits per heavy atom. The standard InChI is InChI=1S/C14H13ClFN3OS/c15-12-9-10(16)1-2-11(12)13(20)18-4-6-19(7-5-18)14-17-3-8-21-14/h1-3,8-9H,4-7H2. The van der Waals surface area contributed by atoms with Gasteiger partial charge in [0.05, 0.1) is 10.6 Å². The number of amides is 1. The second-order valence-corrected chi connectivity index (χ2v) is 6.00. The number of anilines is 1. The minimum absolute atomic E-state index is 0.154. The molecule has 0 spiro atoms. The molecule has 0 saturated carbocycles. The first-order chi connectivity index (χ1) is 10.1. The van der Waals surface area contributed by atoms with Crippen LogP contribution in [0.1, 0.15) is 10.4 Å². The summed E-state index contributed by atoms with van der Waals surface area (Å²) in [6, 6.07) is 3.86. The van der Waals surface area contributed by atoms with Gasteiger partial charge < -0.3 is 9.80 Å². The molecule has 3 rings (SSSR count). The van der Waals surface area contributed by atoms with Crippen LogP contribution in [0.15, 0.2) is 29.8 Å². The molecule has 110 valence electrons. The average molecular weight is 326 g/mol. The molecule has 21 heavy (non-hydrogen) atoms. The van der Waals surface area contributed by atoms with Crippen LogP contribution in [-0.2, 0) is 0 Å². The van der Waals surface area contributed by atoms with Crippen molar-refractivity contribution < 1.29 is 9.18 Å². The number of halogens is 2. The molecule has 2 heterocycles. The van der Waals surface area contributed by atoms with Crippen LogP contribution in [0.25, 0.3) is 0 Å². The zero-order chi connectivity index (χ0) is 14.8. The molecule has 1 aromatic heterocycles. The van der Waals surface area contributed by atoms with Gasteiger partial charge in [-0.3, -0.25) is 4.79 Å². The predicted octanol–water partition coefficient (Wildman–Crippen LogP) is 2.90. The monoisotopic (exact) mass is 325 g/mol. The van der Waals surface area contributed by atoms with Crippen molar-refractivity contribution in [3.63, 3.8) is 0 Å². The molecule has 0 bridgehead atoms. The van der Waals surface area contributed by atoms with E-state index in [1.54, 1.807) is 22.4 Å². The number of hydrogen-bond acceptors (Lipinski definition) is 4. The maximum absolute atomic E-state index is 13.0. The van der Waals surface area contributed by atoms with Gasteiger partial charge in [-0.1, -0.05) is 11.6 Å². The highest BCUT2D eigenvalue weighted by Gasteiger charge is 2.24. The maximum atomic E-state index is 13.0. The van der Waals surface area contributed by atoms with E-state index >= 15 is 0 Å². The van der Waals surface area contributed by atoms with Crippen LogP contribution < -0.4 is 4.90 Å². The van der Waals surface area contributed by atoms with Gasteiger partial charge in [0.2, 0.25) is 0 Å². The van der Waals surface area contributed by atoms with Gasteiger partial charge in [-0.25, -0.2) is 9.37 Å². The summed E-state index contributed by atoms with van der Waals surface area (Å²) in [5.74, 6) is -0.594. The van der Waals surface area contributed by atoms with Gasteiger partial charge in [0.25, 0.3) is 5.91 Å². The van der Waals surface area contributed by atoms with Gasteiger partial charge in [0, 0.05) is 37.8 Å². The van der Waals surface area contributed by atoms with Crippen LogP contribution in [0, 0.1) is 5.82 Å². The molecule has 0 N–H and O–H groups in total. The number of hydrogen-bond donors (Lipinski definition) is 0. The molecule has 1 aliphatic rings. The smallest absolute Gasteiger partial charge is 0.255 e. The second-order valence-electron chi connectivity index (χ2n) is 4.72. The third kappa shape index (κ3) is 3.01.